The van der Waals surface area contributed by atoms with E-state index in [2.05, 4.69) is 10.1 Å². The Hall–Kier alpha value is -3.41. The van der Waals surface area contributed by atoms with E-state index in [4.69, 9.17) is 4.74 Å². The number of imidazole rings is 1. The maximum absolute atomic E-state index is 12.5. The molecule has 0 unspecified atom stereocenters. The summed E-state index contributed by atoms with van der Waals surface area (Å²) in [6.45, 7) is 1.85. The van der Waals surface area contributed by atoms with Crippen LogP contribution in [0.3, 0.4) is 0 Å². The zero-order chi connectivity index (χ0) is 17.4. The molecule has 0 aliphatic carbocycles. The van der Waals surface area contributed by atoms with Crippen molar-refractivity contribution in [2.24, 2.45) is 7.05 Å². The van der Waals surface area contributed by atoms with Gasteiger partial charge in [-0.05, 0) is 31.2 Å². The Labute approximate surface area is 144 Å². The molecule has 4 rings (SSSR count). The van der Waals surface area contributed by atoms with Crippen molar-refractivity contribution >= 4 is 17.0 Å². The Morgan fingerprint density at radius 3 is 2.72 bits per heavy atom. The van der Waals surface area contributed by atoms with Crippen LogP contribution in [0, 0.1) is 6.92 Å². The number of rotatable bonds is 3. The van der Waals surface area contributed by atoms with Crippen molar-refractivity contribution < 1.29 is 9.53 Å². The van der Waals surface area contributed by atoms with Gasteiger partial charge in [-0.2, -0.15) is 5.10 Å². The molecule has 0 bridgehead atoms. The van der Waals surface area contributed by atoms with Crippen molar-refractivity contribution in [1.29, 1.82) is 0 Å². The summed E-state index contributed by atoms with van der Waals surface area (Å²) in [4.78, 5) is 16.8. The van der Waals surface area contributed by atoms with Crippen molar-refractivity contribution in [3.63, 3.8) is 0 Å². The third-order valence-corrected chi connectivity index (χ3v) is 4.14. The molecule has 0 saturated heterocycles. The minimum absolute atomic E-state index is 0.435. The van der Waals surface area contributed by atoms with Crippen LogP contribution in [0.15, 0.2) is 61.1 Å². The van der Waals surface area contributed by atoms with Gasteiger partial charge in [-0.1, -0.05) is 18.2 Å². The van der Waals surface area contributed by atoms with Gasteiger partial charge in [0.05, 0.1) is 34.9 Å². The van der Waals surface area contributed by atoms with Gasteiger partial charge in [-0.3, -0.25) is 0 Å². The zero-order valence-corrected chi connectivity index (χ0v) is 13.9. The summed E-state index contributed by atoms with van der Waals surface area (Å²) in [5, 5.41) is 4.30. The third kappa shape index (κ3) is 2.67. The largest absolute Gasteiger partial charge is 0.423 e. The quantitative estimate of drug-likeness (QED) is 0.427. The number of para-hydroxylation sites is 1. The molecule has 0 radical (unpaired) electrons. The number of carbonyl (C=O) groups is 1. The molecular formula is C19H16N4O2. The number of ether oxygens (including phenoxy) is 1. The van der Waals surface area contributed by atoms with Crippen molar-refractivity contribution in [3.8, 4) is 11.4 Å². The molecule has 0 fully saturated rings. The van der Waals surface area contributed by atoms with Crippen LogP contribution in [0.5, 0.6) is 5.75 Å². The standard InChI is InChI=1S/C19H16N4O2/c1-13-16(11-21-23(13)14-6-4-3-5-7-14)19(24)25-15-8-9-18-17(10-15)20-12-22(18)2/h3-12H,1-2H3. The molecule has 0 aliphatic rings. The van der Waals surface area contributed by atoms with Gasteiger partial charge in [-0.25, -0.2) is 14.5 Å². The number of nitrogens with zero attached hydrogens (tertiary/aromatic N) is 4. The predicted octanol–water partition coefficient (Wildman–Crippen LogP) is 3.29. The van der Waals surface area contributed by atoms with Crippen LogP contribution in [0.1, 0.15) is 16.1 Å². The van der Waals surface area contributed by atoms with Crippen LogP contribution in [0.4, 0.5) is 0 Å². The maximum Gasteiger partial charge on any atom is 0.347 e. The second-order valence-electron chi connectivity index (χ2n) is 5.79. The molecule has 6 heteroatoms. The summed E-state index contributed by atoms with van der Waals surface area (Å²) in [7, 11) is 1.92. The lowest BCUT2D eigenvalue weighted by molar-refractivity contribution is 0.0734. The van der Waals surface area contributed by atoms with Crippen molar-refractivity contribution in [3.05, 3.63) is 72.3 Å². The number of esters is 1. The zero-order valence-electron chi connectivity index (χ0n) is 13.9. The number of aromatic nitrogens is 4. The highest BCUT2D eigenvalue weighted by Crippen LogP contribution is 2.21. The van der Waals surface area contributed by atoms with Gasteiger partial charge in [0.1, 0.15) is 11.3 Å². The number of aryl methyl sites for hydroxylation is 1. The van der Waals surface area contributed by atoms with Gasteiger partial charge in [0.2, 0.25) is 0 Å². The molecule has 124 valence electrons. The summed E-state index contributed by atoms with van der Waals surface area (Å²) in [6.07, 6.45) is 3.26. The Morgan fingerprint density at radius 1 is 1.12 bits per heavy atom. The molecule has 0 N–H and O–H groups in total. The number of fused-ring (bicyclic) bond motifs is 1. The first-order valence-corrected chi connectivity index (χ1v) is 7.87. The van der Waals surface area contributed by atoms with Gasteiger partial charge in [0, 0.05) is 13.1 Å². The topological polar surface area (TPSA) is 61.9 Å². The molecule has 4 aromatic rings. The van der Waals surface area contributed by atoms with E-state index in [0.717, 1.165) is 22.4 Å². The van der Waals surface area contributed by atoms with E-state index in [1.807, 2.05) is 54.9 Å². The molecule has 0 saturated carbocycles. The van der Waals surface area contributed by atoms with Crippen LogP contribution in [0.25, 0.3) is 16.7 Å². The normalized spacial score (nSPS) is 11.0. The average molecular weight is 332 g/mol. The van der Waals surface area contributed by atoms with Crippen LogP contribution in [-0.2, 0) is 7.05 Å². The summed E-state index contributed by atoms with van der Waals surface area (Å²) >= 11 is 0. The summed E-state index contributed by atoms with van der Waals surface area (Å²) in [5.41, 5.74) is 3.83. The van der Waals surface area contributed by atoms with E-state index in [0.29, 0.717) is 11.3 Å². The lowest BCUT2D eigenvalue weighted by Crippen LogP contribution is -2.10. The van der Waals surface area contributed by atoms with E-state index in [1.54, 1.807) is 23.1 Å². The van der Waals surface area contributed by atoms with E-state index < -0.39 is 5.97 Å². The first-order chi connectivity index (χ1) is 12.1. The molecule has 6 nitrogen and oxygen atoms in total. The summed E-state index contributed by atoms with van der Waals surface area (Å²) in [5.74, 6) is 0.0259. The Morgan fingerprint density at radius 2 is 1.92 bits per heavy atom. The number of hydrogen-bond donors (Lipinski definition) is 0. The first kappa shape index (κ1) is 15.1. The maximum atomic E-state index is 12.5. The van der Waals surface area contributed by atoms with Crippen LogP contribution in [-0.4, -0.2) is 25.3 Å². The highest BCUT2D eigenvalue weighted by atomic mass is 16.5. The van der Waals surface area contributed by atoms with E-state index in [9.17, 15) is 4.79 Å². The van der Waals surface area contributed by atoms with Gasteiger partial charge in [0.15, 0.2) is 0 Å². The highest BCUT2D eigenvalue weighted by Gasteiger charge is 2.17. The number of hydrogen-bond acceptors (Lipinski definition) is 4. The minimum atomic E-state index is -0.435. The van der Waals surface area contributed by atoms with Crippen LogP contribution >= 0.6 is 0 Å². The fraction of sp³-hybridized carbons (Fsp3) is 0.105. The summed E-state index contributed by atoms with van der Waals surface area (Å²) in [6, 6.07) is 15.1. The van der Waals surface area contributed by atoms with Crippen molar-refractivity contribution in [2.45, 2.75) is 6.92 Å². The van der Waals surface area contributed by atoms with Crippen LogP contribution < -0.4 is 4.74 Å². The molecular weight excluding hydrogens is 316 g/mol. The highest BCUT2D eigenvalue weighted by molar-refractivity contribution is 5.92. The molecule has 25 heavy (non-hydrogen) atoms. The smallest absolute Gasteiger partial charge is 0.347 e. The van der Waals surface area contributed by atoms with Gasteiger partial charge >= 0.3 is 5.97 Å². The number of carbonyl (C=O) groups excluding carboxylic acids is 1. The second kappa shape index (κ2) is 5.90. The lowest BCUT2D eigenvalue weighted by Gasteiger charge is -2.06. The molecule has 0 atom stereocenters. The first-order valence-electron chi connectivity index (χ1n) is 7.87. The fourth-order valence-corrected chi connectivity index (χ4v) is 2.78. The number of benzene rings is 2. The third-order valence-electron chi connectivity index (χ3n) is 4.14. The van der Waals surface area contributed by atoms with Crippen molar-refractivity contribution in [1.82, 2.24) is 19.3 Å². The van der Waals surface area contributed by atoms with Gasteiger partial charge < -0.3 is 9.30 Å². The van der Waals surface area contributed by atoms with Gasteiger partial charge in [0.25, 0.3) is 0 Å². The molecule has 0 amide bonds. The van der Waals surface area contributed by atoms with E-state index >= 15 is 0 Å². The Balaban J connectivity index is 1.61. The lowest BCUT2D eigenvalue weighted by atomic mass is 10.2. The molecule has 0 aliphatic heterocycles. The minimum Gasteiger partial charge on any atom is -0.423 e. The van der Waals surface area contributed by atoms with Crippen LogP contribution in [0.2, 0.25) is 0 Å². The second-order valence-corrected chi connectivity index (χ2v) is 5.79. The Bertz CT molecular complexity index is 1060. The van der Waals surface area contributed by atoms with E-state index in [1.165, 1.54) is 6.20 Å². The fourth-order valence-electron chi connectivity index (χ4n) is 2.78. The molecule has 2 aromatic heterocycles. The molecule has 0 spiro atoms. The predicted molar refractivity (Wildman–Crippen MR) is 94.0 cm³/mol. The average Bonchev–Trinajstić information content (AvgIpc) is 3.19. The SMILES string of the molecule is Cc1c(C(=O)Oc2ccc3c(c2)ncn3C)cnn1-c1ccccc1. The molecule has 2 aromatic carbocycles. The van der Waals surface area contributed by atoms with E-state index in [-0.39, 0.29) is 0 Å². The Kier molecular flexibility index (Phi) is 3.57. The summed E-state index contributed by atoms with van der Waals surface area (Å²) < 4.78 is 9.14. The van der Waals surface area contributed by atoms with Crippen molar-refractivity contribution in [2.75, 3.05) is 0 Å². The molecule has 2 heterocycles. The van der Waals surface area contributed by atoms with Gasteiger partial charge in [-0.15, -0.1) is 0 Å². The monoisotopic (exact) mass is 332 g/mol.